The molecule has 1 aromatic heterocycles. The monoisotopic (exact) mass is 294 g/mol. The molecule has 0 atom stereocenters. The zero-order valence-corrected chi connectivity index (χ0v) is 9.79. The van der Waals surface area contributed by atoms with E-state index in [9.17, 15) is 23.3 Å². The summed E-state index contributed by atoms with van der Waals surface area (Å²) in [7, 11) is 0. The molecule has 0 aromatic carbocycles. The number of amidine groups is 1. The van der Waals surface area contributed by atoms with E-state index >= 15 is 0 Å². The number of pyridine rings is 1. The summed E-state index contributed by atoms with van der Waals surface area (Å²) < 4.78 is 40.4. The molecule has 3 N–H and O–H groups in total. The summed E-state index contributed by atoms with van der Waals surface area (Å²) >= 11 is 0. The molecule has 0 saturated carbocycles. The standard InChI is InChI=1S/C9H9F3N4O4/c10-9(11,12)1-2-20-8-6(16(18)19)3-5(4-14-8)7(13)15-17/h3-4,17H,1-2H2,(H2,13,15). The lowest BCUT2D eigenvalue weighted by atomic mass is 10.2. The molecule has 0 amide bonds. The summed E-state index contributed by atoms with van der Waals surface area (Å²) in [5.74, 6) is -1.00. The Hall–Kier alpha value is -2.59. The van der Waals surface area contributed by atoms with Crippen LogP contribution in [0.25, 0.3) is 0 Å². The quantitative estimate of drug-likeness (QED) is 0.278. The number of alkyl halides is 3. The van der Waals surface area contributed by atoms with Crippen molar-refractivity contribution in [3.05, 3.63) is 27.9 Å². The van der Waals surface area contributed by atoms with Gasteiger partial charge in [-0.1, -0.05) is 5.16 Å². The van der Waals surface area contributed by atoms with Crippen LogP contribution in [0, 0.1) is 10.1 Å². The highest BCUT2D eigenvalue weighted by molar-refractivity contribution is 5.97. The molecule has 11 heteroatoms. The van der Waals surface area contributed by atoms with Gasteiger partial charge < -0.3 is 15.7 Å². The highest BCUT2D eigenvalue weighted by atomic mass is 19.4. The van der Waals surface area contributed by atoms with Crippen molar-refractivity contribution in [3.8, 4) is 5.88 Å². The van der Waals surface area contributed by atoms with Gasteiger partial charge in [-0.25, -0.2) is 4.98 Å². The van der Waals surface area contributed by atoms with E-state index in [1.165, 1.54) is 0 Å². The van der Waals surface area contributed by atoms with Gasteiger partial charge in [-0.3, -0.25) is 10.1 Å². The number of hydrogen-bond acceptors (Lipinski definition) is 6. The van der Waals surface area contributed by atoms with Gasteiger partial charge in [0.2, 0.25) is 0 Å². The molecule has 20 heavy (non-hydrogen) atoms. The molecular weight excluding hydrogens is 285 g/mol. The van der Waals surface area contributed by atoms with Gasteiger partial charge in [0.05, 0.1) is 18.0 Å². The zero-order valence-electron chi connectivity index (χ0n) is 9.79. The van der Waals surface area contributed by atoms with Crippen molar-refractivity contribution >= 4 is 11.5 Å². The van der Waals surface area contributed by atoms with E-state index in [4.69, 9.17) is 10.9 Å². The fraction of sp³-hybridized carbons (Fsp3) is 0.333. The van der Waals surface area contributed by atoms with E-state index in [2.05, 4.69) is 14.9 Å². The molecule has 0 saturated heterocycles. The van der Waals surface area contributed by atoms with Crippen LogP contribution in [0.15, 0.2) is 17.4 Å². The molecule has 0 spiro atoms. The van der Waals surface area contributed by atoms with E-state index in [0.29, 0.717) is 0 Å². The van der Waals surface area contributed by atoms with Crippen LogP contribution < -0.4 is 10.5 Å². The summed E-state index contributed by atoms with van der Waals surface area (Å²) in [5.41, 5.74) is 4.47. The lowest BCUT2D eigenvalue weighted by Gasteiger charge is -2.08. The Morgan fingerprint density at radius 1 is 1.60 bits per heavy atom. The molecule has 8 nitrogen and oxygen atoms in total. The molecule has 0 aliphatic carbocycles. The normalized spacial score (nSPS) is 12.2. The average Bonchev–Trinajstić information content (AvgIpc) is 2.36. The molecule has 0 radical (unpaired) electrons. The molecule has 0 bridgehead atoms. The number of aromatic nitrogens is 1. The van der Waals surface area contributed by atoms with Crippen LogP contribution in [0.4, 0.5) is 18.9 Å². The molecule has 0 unspecified atom stereocenters. The van der Waals surface area contributed by atoms with Gasteiger partial charge in [-0.2, -0.15) is 13.2 Å². The maximum Gasteiger partial charge on any atom is 0.392 e. The second kappa shape index (κ2) is 6.04. The minimum Gasteiger partial charge on any atom is -0.472 e. The third-order valence-corrected chi connectivity index (χ3v) is 2.06. The minimum atomic E-state index is -4.44. The van der Waals surface area contributed by atoms with Gasteiger partial charge in [0.25, 0.3) is 5.88 Å². The van der Waals surface area contributed by atoms with Crippen molar-refractivity contribution < 1.29 is 28.0 Å². The third kappa shape index (κ3) is 4.26. The van der Waals surface area contributed by atoms with E-state index in [-0.39, 0.29) is 5.56 Å². The number of rotatable bonds is 5. The van der Waals surface area contributed by atoms with Crippen molar-refractivity contribution in [1.29, 1.82) is 0 Å². The molecule has 0 fully saturated rings. The number of nitro groups is 1. The lowest BCUT2D eigenvalue weighted by molar-refractivity contribution is -0.386. The zero-order chi connectivity index (χ0) is 15.3. The minimum absolute atomic E-state index is 0.0672. The van der Waals surface area contributed by atoms with Crippen molar-refractivity contribution in [2.45, 2.75) is 12.6 Å². The van der Waals surface area contributed by atoms with Crippen LogP contribution in [-0.2, 0) is 0 Å². The molecule has 1 rings (SSSR count). The second-order valence-corrected chi connectivity index (χ2v) is 3.50. The third-order valence-electron chi connectivity index (χ3n) is 2.06. The van der Waals surface area contributed by atoms with Crippen LogP contribution in [-0.4, -0.2) is 33.7 Å². The number of oxime groups is 1. The van der Waals surface area contributed by atoms with Gasteiger partial charge in [0.1, 0.15) is 0 Å². The second-order valence-electron chi connectivity index (χ2n) is 3.50. The van der Waals surface area contributed by atoms with Gasteiger partial charge in [0.15, 0.2) is 5.84 Å². The molecular formula is C9H9F3N4O4. The highest BCUT2D eigenvalue weighted by Crippen LogP contribution is 2.26. The van der Waals surface area contributed by atoms with E-state index in [1.54, 1.807) is 0 Å². The first-order valence-electron chi connectivity index (χ1n) is 5.06. The van der Waals surface area contributed by atoms with E-state index in [1.807, 2.05) is 0 Å². The summed E-state index contributed by atoms with van der Waals surface area (Å²) in [6.07, 6.45) is -4.73. The van der Waals surface area contributed by atoms with Gasteiger partial charge in [-0.15, -0.1) is 0 Å². The predicted octanol–water partition coefficient (Wildman–Crippen LogP) is 1.42. The summed E-state index contributed by atoms with van der Waals surface area (Å²) in [6, 6.07) is 0.880. The SMILES string of the molecule is NC(=NO)c1cnc(OCCC(F)(F)F)c([N+](=O)[O-])c1. The summed E-state index contributed by atoms with van der Waals surface area (Å²) in [5, 5.41) is 21.8. The first kappa shape index (κ1) is 15.5. The summed E-state index contributed by atoms with van der Waals surface area (Å²) in [4.78, 5) is 13.4. The molecule has 0 aliphatic heterocycles. The number of nitrogens with zero attached hydrogens (tertiary/aromatic N) is 3. The average molecular weight is 294 g/mol. The molecule has 1 aromatic rings. The first-order valence-corrected chi connectivity index (χ1v) is 5.06. The Morgan fingerprint density at radius 2 is 2.25 bits per heavy atom. The highest BCUT2D eigenvalue weighted by Gasteiger charge is 2.28. The smallest absolute Gasteiger partial charge is 0.392 e. The van der Waals surface area contributed by atoms with Gasteiger partial charge in [0, 0.05) is 17.8 Å². The maximum absolute atomic E-state index is 11.9. The van der Waals surface area contributed by atoms with Crippen molar-refractivity contribution in [1.82, 2.24) is 4.98 Å². The lowest BCUT2D eigenvalue weighted by Crippen LogP contribution is -2.16. The fourth-order valence-electron chi connectivity index (χ4n) is 1.14. The Balaban J connectivity index is 2.94. The van der Waals surface area contributed by atoms with Crippen molar-refractivity contribution in [3.63, 3.8) is 0 Å². The Bertz CT molecular complexity index is 532. The van der Waals surface area contributed by atoms with Crippen LogP contribution in [0.2, 0.25) is 0 Å². The number of halogens is 3. The topological polar surface area (TPSA) is 124 Å². The largest absolute Gasteiger partial charge is 0.472 e. The van der Waals surface area contributed by atoms with E-state index in [0.717, 1.165) is 12.3 Å². The first-order chi connectivity index (χ1) is 9.24. The Labute approximate surface area is 109 Å². The fourth-order valence-corrected chi connectivity index (χ4v) is 1.14. The van der Waals surface area contributed by atoms with Gasteiger partial charge >= 0.3 is 11.9 Å². The molecule has 1 heterocycles. The van der Waals surface area contributed by atoms with Crippen molar-refractivity contribution in [2.75, 3.05) is 6.61 Å². The summed E-state index contributed by atoms with van der Waals surface area (Å²) in [6.45, 7) is -0.805. The molecule has 0 aliphatic rings. The van der Waals surface area contributed by atoms with Crippen LogP contribution in [0.3, 0.4) is 0 Å². The number of ether oxygens (including phenoxy) is 1. The van der Waals surface area contributed by atoms with E-state index < -0.39 is 41.5 Å². The Morgan fingerprint density at radius 3 is 2.75 bits per heavy atom. The van der Waals surface area contributed by atoms with Crippen LogP contribution in [0.1, 0.15) is 12.0 Å². The number of nitrogens with two attached hydrogens (primary N) is 1. The van der Waals surface area contributed by atoms with Gasteiger partial charge in [-0.05, 0) is 0 Å². The van der Waals surface area contributed by atoms with Crippen LogP contribution in [0.5, 0.6) is 5.88 Å². The Kier molecular flexibility index (Phi) is 4.67. The maximum atomic E-state index is 11.9. The predicted molar refractivity (Wildman–Crippen MR) is 59.6 cm³/mol. The number of hydrogen-bond donors (Lipinski definition) is 2. The molecule has 110 valence electrons. The van der Waals surface area contributed by atoms with Crippen molar-refractivity contribution in [2.24, 2.45) is 10.9 Å². The van der Waals surface area contributed by atoms with Crippen LogP contribution >= 0.6 is 0 Å².